The zero-order valence-electron chi connectivity index (χ0n) is 11.1. The fourth-order valence-corrected chi connectivity index (χ4v) is 1.68. The van der Waals surface area contributed by atoms with Gasteiger partial charge in [0.25, 0.3) is 5.69 Å². The number of ether oxygens (including phenoxy) is 1. The van der Waals surface area contributed by atoms with E-state index in [4.69, 9.17) is 4.74 Å². The Bertz CT molecular complexity index is 651. The molecule has 0 amide bonds. The van der Waals surface area contributed by atoms with Crippen molar-refractivity contribution in [3.05, 3.63) is 58.1 Å². The second-order valence-electron chi connectivity index (χ2n) is 4.13. The van der Waals surface area contributed by atoms with Crippen LogP contribution in [0.15, 0.2) is 52.7 Å². The molecule has 0 bridgehead atoms. The lowest BCUT2D eigenvalue weighted by molar-refractivity contribution is -0.384. The molecule has 0 saturated carbocycles. The van der Waals surface area contributed by atoms with Gasteiger partial charge in [-0.25, -0.2) is 0 Å². The van der Waals surface area contributed by atoms with E-state index in [0.29, 0.717) is 11.4 Å². The van der Waals surface area contributed by atoms with E-state index in [9.17, 15) is 10.1 Å². The van der Waals surface area contributed by atoms with Crippen LogP contribution in [0.4, 0.5) is 17.1 Å². The number of benzene rings is 2. The maximum atomic E-state index is 10.5. The fraction of sp³-hybridized carbons (Fsp3) is 0.143. The van der Waals surface area contributed by atoms with Gasteiger partial charge in [-0.15, -0.1) is 0 Å². The van der Waals surface area contributed by atoms with Gasteiger partial charge in [0.15, 0.2) is 0 Å². The summed E-state index contributed by atoms with van der Waals surface area (Å²) in [5.41, 5.74) is 2.25. The first kappa shape index (κ1) is 13.7. The summed E-state index contributed by atoms with van der Waals surface area (Å²) in [5, 5.41) is 18.7. The van der Waals surface area contributed by atoms with Crippen LogP contribution < -0.4 is 4.74 Å². The molecule has 0 aliphatic rings. The van der Waals surface area contributed by atoms with E-state index in [1.165, 1.54) is 12.1 Å². The van der Waals surface area contributed by atoms with Crippen molar-refractivity contribution in [2.75, 3.05) is 7.11 Å². The Balaban J connectivity index is 2.16. The molecule has 0 fully saturated rings. The third kappa shape index (κ3) is 3.17. The molecule has 6 heteroatoms. The normalized spacial score (nSPS) is 10.7. The summed E-state index contributed by atoms with van der Waals surface area (Å²) in [4.78, 5) is 10.1. The first-order chi connectivity index (χ1) is 9.60. The Morgan fingerprint density at radius 2 is 1.65 bits per heavy atom. The minimum atomic E-state index is -0.451. The van der Waals surface area contributed by atoms with E-state index in [2.05, 4.69) is 10.2 Å². The molecule has 2 aromatic carbocycles. The van der Waals surface area contributed by atoms with E-state index in [1.54, 1.807) is 25.3 Å². The third-order valence-corrected chi connectivity index (χ3v) is 2.72. The molecule has 0 unspecified atom stereocenters. The summed E-state index contributed by atoms with van der Waals surface area (Å²) in [6.07, 6.45) is 0. The number of nitrogens with zero attached hydrogens (tertiary/aromatic N) is 3. The largest absolute Gasteiger partial charge is 0.496 e. The van der Waals surface area contributed by atoms with Crippen molar-refractivity contribution in [1.82, 2.24) is 0 Å². The van der Waals surface area contributed by atoms with E-state index in [1.807, 2.05) is 19.1 Å². The van der Waals surface area contributed by atoms with Crippen molar-refractivity contribution in [3.8, 4) is 5.75 Å². The molecule has 2 aromatic rings. The topological polar surface area (TPSA) is 77.1 Å². The Hall–Kier alpha value is -2.76. The predicted octanol–water partition coefficient (Wildman–Crippen LogP) is 4.33. The number of non-ortho nitro benzene ring substituents is 1. The molecule has 0 atom stereocenters. The summed E-state index contributed by atoms with van der Waals surface area (Å²) in [6, 6.07) is 11.4. The van der Waals surface area contributed by atoms with Crippen molar-refractivity contribution in [2.24, 2.45) is 10.2 Å². The number of azo groups is 1. The van der Waals surface area contributed by atoms with Gasteiger partial charge in [-0.3, -0.25) is 10.1 Å². The minimum absolute atomic E-state index is 0.0317. The average molecular weight is 271 g/mol. The minimum Gasteiger partial charge on any atom is -0.496 e. The first-order valence-corrected chi connectivity index (χ1v) is 5.91. The molecule has 0 saturated heterocycles. The molecule has 0 N–H and O–H groups in total. The quantitative estimate of drug-likeness (QED) is 0.471. The summed E-state index contributed by atoms with van der Waals surface area (Å²) in [7, 11) is 1.61. The van der Waals surface area contributed by atoms with Gasteiger partial charge in [-0.2, -0.15) is 10.2 Å². The number of nitro groups is 1. The van der Waals surface area contributed by atoms with Crippen molar-refractivity contribution in [1.29, 1.82) is 0 Å². The van der Waals surface area contributed by atoms with Crippen LogP contribution in [-0.2, 0) is 0 Å². The van der Waals surface area contributed by atoms with Crippen LogP contribution in [0.3, 0.4) is 0 Å². The van der Waals surface area contributed by atoms with Crippen LogP contribution in [0.2, 0.25) is 0 Å². The van der Waals surface area contributed by atoms with Gasteiger partial charge in [-0.05, 0) is 42.8 Å². The van der Waals surface area contributed by atoms with Gasteiger partial charge >= 0.3 is 0 Å². The van der Waals surface area contributed by atoms with Gasteiger partial charge in [-0.1, -0.05) is 0 Å². The molecule has 0 aromatic heterocycles. The number of hydrogen-bond acceptors (Lipinski definition) is 5. The summed E-state index contributed by atoms with van der Waals surface area (Å²) in [5.74, 6) is 0.791. The summed E-state index contributed by atoms with van der Waals surface area (Å²) >= 11 is 0. The second-order valence-corrected chi connectivity index (χ2v) is 4.13. The summed E-state index contributed by atoms with van der Waals surface area (Å²) in [6.45, 7) is 1.92. The monoisotopic (exact) mass is 271 g/mol. The molecule has 0 radical (unpaired) electrons. The van der Waals surface area contributed by atoms with Gasteiger partial charge in [0, 0.05) is 12.1 Å². The number of aryl methyl sites for hydroxylation is 1. The lowest BCUT2D eigenvalue weighted by Crippen LogP contribution is -1.85. The smallest absolute Gasteiger partial charge is 0.269 e. The van der Waals surface area contributed by atoms with Gasteiger partial charge < -0.3 is 4.74 Å². The van der Waals surface area contributed by atoms with E-state index in [0.717, 1.165) is 11.3 Å². The molecule has 6 nitrogen and oxygen atoms in total. The van der Waals surface area contributed by atoms with Crippen LogP contribution in [0, 0.1) is 17.0 Å². The lowest BCUT2D eigenvalue weighted by atomic mass is 10.2. The molecule has 0 spiro atoms. The second kappa shape index (κ2) is 5.92. The third-order valence-electron chi connectivity index (χ3n) is 2.72. The lowest BCUT2D eigenvalue weighted by Gasteiger charge is -2.03. The zero-order chi connectivity index (χ0) is 14.5. The molecule has 102 valence electrons. The molecule has 20 heavy (non-hydrogen) atoms. The van der Waals surface area contributed by atoms with Gasteiger partial charge in [0.1, 0.15) is 5.75 Å². The van der Waals surface area contributed by atoms with Crippen molar-refractivity contribution in [2.45, 2.75) is 6.92 Å². The zero-order valence-corrected chi connectivity index (χ0v) is 11.1. The average Bonchev–Trinajstić information content (AvgIpc) is 2.45. The number of hydrogen-bond donors (Lipinski definition) is 0. The van der Waals surface area contributed by atoms with Crippen molar-refractivity contribution >= 4 is 17.1 Å². The van der Waals surface area contributed by atoms with Crippen LogP contribution in [0.5, 0.6) is 5.75 Å². The number of methoxy groups -OCH3 is 1. The van der Waals surface area contributed by atoms with E-state index >= 15 is 0 Å². The highest BCUT2D eigenvalue weighted by atomic mass is 16.6. The van der Waals surface area contributed by atoms with Crippen LogP contribution in [0.1, 0.15) is 5.56 Å². The standard InChI is InChI=1S/C14H13N3O3/c1-10-9-12(5-8-14(10)20-2)16-15-11-3-6-13(7-4-11)17(18)19/h3-9H,1-2H3. The highest BCUT2D eigenvalue weighted by Crippen LogP contribution is 2.25. The van der Waals surface area contributed by atoms with Crippen LogP contribution >= 0.6 is 0 Å². The van der Waals surface area contributed by atoms with Crippen LogP contribution in [0.25, 0.3) is 0 Å². The molecular formula is C14H13N3O3. The molecule has 0 aliphatic carbocycles. The van der Waals surface area contributed by atoms with Crippen molar-refractivity contribution in [3.63, 3.8) is 0 Å². The highest BCUT2D eigenvalue weighted by Gasteiger charge is 2.03. The maximum Gasteiger partial charge on any atom is 0.269 e. The SMILES string of the molecule is COc1ccc(N=Nc2ccc([N+](=O)[O-])cc2)cc1C. The van der Waals surface area contributed by atoms with Gasteiger partial charge in [0.05, 0.1) is 23.4 Å². The Labute approximate surface area is 115 Å². The maximum absolute atomic E-state index is 10.5. The first-order valence-electron chi connectivity index (χ1n) is 5.91. The Morgan fingerprint density at radius 1 is 1.05 bits per heavy atom. The predicted molar refractivity (Wildman–Crippen MR) is 75.0 cm³/mol. The fourth-order valence-electron chi connectivity index (χ4n) is 1.68. The van der Waals surface area contributed by atoms with E-state index < -0.39 is 4.92 Å². The Morgan fingerprint density at radius 3 is 2.20 bits per heavy atom. The highest BCUT2D eigenvalue weighted by molar-refractivity contribution is 5.48. The number of nitro benzene ring substituents is 1. The van der Waals surface area contributed by atoms with Crippen molar-refractivity contribution < 1.29 is 9.66 Å². The molecular weight excluding hydrogens is 258 g/mol. The Kier molecular flexibility index (Phi) is 4.05. The molecule has 0 aliphatic heterocycles. The molecule has 0 heterocycles. The molecule has 2 rings (SSSR count). The summed E-state index contributed by atoms with van der Waals surface area (Å²) < 4.78 is 5.16. The van der Waals surface area contributed by atoms with Gasteiger partial charge in [0.2, 0.25) is 0 Å². The van der Waals surface area contributed by atoms with Crippen LogP contribution in [-0.4, -0.2) is 12.0 Å². The number of rotatable bonds is 4. The van der Waals surface area contributed by atoms with E-state index in [-0.39, 0.29) is 5.69 Å².